The average molecular weight is 215 g/mol. The molecular weight excluding hydrogens is 194 g/mol. The first-order valence-electron chi connectivity index (χ1n) is 6.64. The van der Waals surface area contributed by atoms with E-state index < -0.39 is 0 Å². The number of hydrogen-bond acceptors (Lipinski definition) is 1. The standard InChI is InChI=1S/C15H21N/c1-16-15-10-6-2-3-8-13(15)11-12-7-4-5-9-14(12)15/h4-5,7,9,13,16H,2-3,6,8,10-11H2,1H3/t13-,15+/m0/s1. The van der Waals surface area contributed by atoms with Gasteiger partial charge in [-0.15, -0.1) is 0 Å². The maximum atomic E-state index is 3.68. The highest BCUT2D eigenvalue weighted by atomic mass is 15.0. The minimum atomic E-state index is 0.299. The molecule has 3 rings (SSSR count). The largest absolute Gasteiger partial charge is 0.310 e. The Balaban J connectivity index is 2.08. The summed E-state index contributed by atoms with van der Waals surface area (Å²) < 4.78 is 0. The third-order valence-corrected chi connectivity index (χ3v) is 4.73. The minimum absolute atomic E-state index is 0.299. The monoisotopic (exact) mass is 215 g/mol. The van der Waals surface area contributed by atoms with Gasteiger partial charge < -0.3 is 5.32 Å². The summed E-state index contributed by atoms with van der Waals surface area (Å²) in [5.41, 5.74) is 3.47. The molecule has 0 amide bonds. The first-order valence-corrected chi connectivity index (χ1v) is 6.64. The summed E-state index contributed by atoms with van der Waals surface area (Å²) in [6, 6.07) is 9.05. The molecule has 2 atom stereocenters. The molecule has 86 valence electrons. The molecule has 0 aliphatic heterocycles. The molecule has 1 nitrogen and oxygen atoms in total. The van der Waals surface area contributed by atoms with Crippen LogP contribution in [0.3, 0.4) is 0 Å². The number of rotatable bonds is 1. The van der Waals surface area contributed by atoms with E-state index in [9.17, 15) is 0 Å². The topological polar surface area (TPSA) is 12.0 Å². The summed E-state index contributed by atoms with van der Waals surface area (Å²) in [6.45, 7) is 0. The van der Waals surface area contributed by atoms with Crippen molar-refractivity contribution in [3.63, 3.8) is 0 Å². The fourth-order valence-electron chi connectivity index (χ4n) is 3.92. The molecule has 16 heavy (non-hydrogen) atoms. The van der Waals surface area contributed by atoms with Gasteiger partial charge in [0, 0.05) is 5.54 Å². The van der Waals surface area contributed by atoms with Crippen molar-refractivity contribution in [2.45, 2.75) is 44.1 Å². The van der Waals surface area contributed by atoms with Gasteiger partial charge in [-0.1, -0.05) is 43.5 Å². The van der Waals surface area contributed by atoms with Crippen LogP contribution in [0.4, 0.5) is 0 Å². The zero-order valence-electron chi connectivity index (χ0n) is 10.1. The van der Waals surface area contributed by atoms with E-state index in [2.05, 4.69) is 36.6 Å². The second-order valence-corrected chi connectivity index (χ2v) is 5.38. The van der Waals surface area contributed by atoms with Crippen molar-refractivity contribution in [3.8, 4) is 0 Å². The van der Waals surface area contributed by atoms with Gasteiger partial charge in [0.25, 0.3) is 0 Å². The van der Waals surface area contributed by atoms with Crippen LogP contribution >= 0.6 is 0 Å². The summed E-state index contributed by atoms with van der Waals surface area (Å²) >= 11 is 0. The fraction of sp³-hybridized carbons (Fsp3) is 0.600. The quantitative estimate of drug-likeness (QED) is 0.758. The fourth-order valence-corrected chi connectivity index (χ4v) is 3.92. The van der Waals surface area contributed by atoms with Crippen molar-refractivity contribution >= 4 is 0 Å². The molecule has 1 aromatic rings. The van der Waals surface area contributed by atoms with Crippen LogP contribution in [0.5, 0.6) is 0 Å². The summed E-state index contributed by atoms with van der Waals surface area (Å²) in [6.07, 6.45) is 8.23. The molecule has 0 radical (unpaired) electrons. The van der Waals surface area contributed by atoms with Crippen LogP contribution in [-0.4, -0.2) is 7.05 Å². The van der Waals surface area contributed by atoms with Crippen LogP contribution in [-0.2, 0) is 12.0 Å². The number of hydrogen-bond donors (Lipinski definition) is 1. The van der Waals surface area contributed by atoms with Crippen LogP contribution in [0.25, 0.3) is 0 Å². The summed E-state index contributed by atoms with van der Waals surface area (Å²) in [5, 5.41) is 3.68. The molecule has 0 aromatic heterocycles. The highest BCUT2D eigenvalue weighted by Crippen LogP contribution is 2.48. The molecule has 0 bridgehead atoms. The van der Waals surface area contributed by atoms with Gasteiger partial charge in [-0.2, -0.15) is 0 Å². The molecule has 2 aliphatic rings. The smallest absolute Gasteiger partial charge is 0.0466 e. The summed E-state index contributed by atoms with van der Waals surface area (Å²) in [4.78, 5) is 0. The highest BCUT2D eigenvalue weighted by Gasteiger charge is 2.45. The Morgan fingerprint density at radius 1 is 1.19 bits per heavy atom. The van der Waals surface area contributed by atoms with Gasteiger partial charge in [-0.3, -0.25) is 0 Å². The lowest BCUT2D eigenvalue weighted by Crippen LogP contribution is -2.43. The molecule has 0 heterocycles. The van der Waals surface area contributed by atoms with Gasteiger partial charge >= 0.3 is 0 Å². The third-order valence-electron chi connectivity index (χ3n) is 4.73. The third kappa shape index (κ3) is 1.34. The number of fused-ring (bicyclic) bond motifs is 3. The van der Waals surface area contributed by atoms with Gasteiger partial charge in [0.2, 0.25) is 0 Å². The van der Waals surface area contributed by atoms with Gasteiger partial charge in [0.1, 0.15) is 0 Å². The van der Waals surface area contributed by atoms with E-state index in [4.69, 9.17) is 0 Å². The molecule has 1 aromatic carbocycles. The molecule has 1 N–H and O–H groups in total. The molecule has 1 fully saturated rings. The Labute approximate surface area is 98.3 Å². The zero-order valence-corrected chi connectivity index (χ0v) is 10.1. The van der Waals surface area contributed by atoms with Crippen LogP contribution in [0.15, 0.2) is 24.3 Å². The first kappa shape index (κ1) is 10.3. The van der Waals surface area contributed by atoms with Crippen molar-refractivity contribution in [2.75, 3.05) is 7.05 Å². The van der Waals surface area contributed by atoms with Gasteiger partial charge in [0.05, 0.1) is 0 Å². The molecule has 1 saturated carbocycles. The first-order chi connectivity index (χ1) is 7.87. The Kier molecular flexibility index (Phi) is 2.51. The van der Waals surface area contributed by atoms with Gasteiger partial charge in [-0.05, 0) is 43.4 Å². The Morgan fingerprint density at radius 3 is 2.94 bits per heavy atom. The predicted molar refractivity (Wildman–Crippen MR) is 67.5 cm³/mol. The average Bonchev–Trinajstić information content (AvgIpc) is 2.50. The molecular formula is C15H21N. The molecule has 0 spiro atoms. The second kappa shape index (κ2) is 3.89. The molecule has 2 aliphatic carbocycles. The lowest BCUT2D eigenvalue weighted by Gasteiger charge is -2.35. The van der Waals surface area contributed by atoms with E-state index in [1.807, 2.05) is 0 Å². The predicted octanol–water partition coefficient (Wildman–Crippen LogP) is 3.24. The minimum Gasteiger partial charge on any atom is -0.310 e. The van der Waals surface area contributed by atoms with E-state index in [1.165, 1.54) is 38.5 Å². The maximum absolute atomic E-state index is 3.68. The van der Waals surface area contributed by atoms with Gasteiger partial charge in [-0.25, -0.2) is 0 Å². The molecule has 0 saturated heterocycles. The van der Waals surface area contributed by atoms with Crippen LogP contribution < -0.4 is 5.32 Å². The van der Waals surface area contributed by atoms with Crippen molar-refractivity contribution in [1.82, 2.24) is 5.32 Å². The van der Waals surface area contributed by atoms with Crippen LogP contribution in [0.1, 0.15) is 43.2 Å². The van der Waals surface area contributed by atoms with E-state index in [1.54, 1.807) is 11.1 Å². The lowest BCUT2D eigenvalue weighted by molar-refractivity contribution is 0.230. The van der Waals surface area contributed by atoms with E-state index in [0.717, 1.165) is 5.92 Å². The normalized spacial score (nSPS) is 32.9. The maximum Gasteiger partial charge on any atom is 0.0466 e. The lowest BCUT2D eigenvalue weighted by atomic mass is 9.80. The van der Waals surface area contributed by atoms with Crippen LogP contribution in [0.2, 0.25) is 0 Å². The molecule has 0 unspecified atom stereocenters. The van der Waals surface area contributed by atoms with E-state index in [-0.39, 0.29) is 0 Å². The molecule has 1 heteroatoms. The van der Waals surface area contributed by atoms with Crippen molar-refractivity contribution in [2.24, 2.45) is 5.92 Å². The highest BCUT2D eigenvalue weighted by molar-refractivity contribution is 5.40. The number of nitrogens with one attached hydrogen (secondary N) is 1. The van der Waals surface area contributed by atoms with Crippen molar-refractivity contribution in [3.05, 3.63) is 35.4 Å². The Bertz CT molecular complexity index is 385. The van der Waals surface area contributed by atoms with Crippen molar-refractivity contribution in [1.29, 1.82) is 0 Å². The van der Waals surface area contributed by atoms with Gasteiger partial charge in [0.15, 0.2) is 0 Å². The Hall–Kier alpha value is -0.820. The van der Waals surface area contributed by atoms with E-state index in [0.29, 0.717) is 5.54 Å². The number of benzene rings is 1. The summed E-state index contributed by atoms with van der Waals surface area (Å²) in [5.74, 6) is 0.831. The second-order valence-electron chi connectivity index (χ2n) is 5.38. The Morgan fingerprint density at radius 2 is 2.06 bits per heavy atom. The van der Waals surface area contributed by atoms with E-state index >= 15 is 0 Å². The van der Waals surface area contributed by atoms with Crippen molar-refractivity contribution < 1.29 is 0 Å². The SMILES string of the molecule is CN[C@]12CCCCC[C@H]1Cc1ccccc12. The summed E-state index contributed by atoms with van der Waals surface area (Å²) in [7, 11) is 2.15. The zero-order chi connectivity index (χ0) is 11.0. The van der Waals surface area contributed by atoms with Crippen LogP contribution in [0, 0.1) is 5.92 Å².